The molecule has 1 aliphatic heterocycles. The van der Waals surface area contributed by atoms with Gasteiger partial charge in [-0.25, -0.2) is 0 Å². The van der Waals surface area contributed by atoms with Crippen molar-refractivity contribution in [2.45, 2.75) is 32.0 Å². The quantitative estimate of drug-likeness (QED) is 0.865. The summed E-state index contributed by atoms with van der Waals surface area (Å²) < 4.78 is 18.3. The number of nitrogens with two attached hydrogens (primary N) is 1. The molecule has 0 spiro atoms. The van der Waals surface area contributed by atoms with Gasteiger partial charge in [0.15, 0.2) is 5.75 Å². The predicted molar refractivity (Wildman–Crippen MR) is 66.7 cm³/mol. The van der Waals surface area contributed by atoms with E-state index in [1.165, 1.54) is 0 Å². The van der Waals surface area contributed by atoms with Crippen molar-refractivity contribution in [1.29, 1.82) is 0 Å². The van der Waals surface area contributed by atoms with Gasteiger partial charge in [-0.3, -0.25) is 4.68 Å². The Kier molecular flexibility index (Phi) is 4.21. The summed E-state index contributed by atoms with van der Waals surface area (Å²) in [5, 5.41) is 4.32. The molecular weight excluding hydrogens is 234 g/mol. The van der Waals surface area contributed by atoms with Crippen LogP contribution in [0, 0.1) is 0 Å². The first-order chi connectivity index (χ1) is 8.65. The van der Waals surface area contributed by atoms with Crippen LogP contribution in [-0.2, 0) is 9.47 Å². The molecule has 2 heterocycles. The molecule has 2 atom stereocenters. The first-order valence-corrected chi connectivity index (χ1v) is 6.21. The average Bonchev–Trinajstić information content (AvgIpc) is 2.82. The summed E-state index contributed by atoms with van der Waals surface area (Å²) in [4.78, 5) is 0. The molecule has 2 unspecified atom stereocenters. The Morgan fingerprint density at radius 3 is 2.83 bits per heavy atom. The van der Waals surface area contributed by atoms with Crippen molar-refractivity contribution < 1.29 is 14.2 Å². The van der Waals surface area contributed by atoms with E-state index in [4.69, 9.17) is 19.9 Å². The largest absolute Gasteiger partial charge is 0.493 e. The Hall–Kier alpha value is -1.11. The zero-order valence-electron chi connectivity index (χ0n) is 11.1. The van der Waals surface area contributed by atoms with E-state index in [1.54, 1.807) is 13.3 Å². The minimum Gasteiger partial charge on any atom is -0.493 e. The summed E-state index contributed by atoms with van der Waals surface area (Å²) in [6, 6.07) is -0.0791. The second-order valence-electron chi connectivity index (χ2n) is 4.65. The molecule has 0 bridgehead atoms. The van der Waals surface area contributed by atoms with Gasteiger partial charge in [0, 0.05) is 6.04 Å². The fourth-order valence-electron chi connectivity index (χ4n) is 2.13. The third kappa shape index (κ3) is 2.50. The fraction of sp³-hybridized carbons (Fsp3) is 0.750. The Morgan fingerprint density at radius 2 is 2.28 bits per heavy atom. The van der Waals surface area contributed by atoms with Crippen molar-refractivity contribution in [2.24, 2.45) is 5.73 Å². The van der Waals surface area contributed by atoms with Crippen molar-refractivity contribution >= 4 is 0 Å². The maximum Gasteiger partial charge on any atom is 0.161 e. The van der Waals surface area contributed by atoms with E-state index < -0.39 is 0 Å². The molecule has 2 N–H and O–H groups in total. The van der Waals surface area contributed by atoms with Crippen LogP contribution in [0.5, 0.6) is 5.75 Å². The third-order valence-corrected chi connectivity index (χ3v) is 3.07. The van der Waals surface area contributed by atoms with Crippen LogP contribution < -0.4 is 10.5 Å². The van der Waals surface area contributed by atoms with E-state index >= 15 is 0 Å². The molecule has 0 amide bonds. The molecule has 1 aromatic rings. The topological polar surface area (TPSA) is 71.5 Å². The van der Waals surface area contributed by atoms with Crippen molar-refractivity contribution in [3.8, 4) is 5.75 Å². The SMILES string of the molecule is COc1cnn(C(C)C)c1C(N)C1COCCO1. The van der Waals surface area contributed by atoms with Crippen molar-refractivity contribution in [3.63, 3.8) is 0 Å². The van der Waals surface area contributed by atoms with Crippen LogP contribution >= 0.6 is 0 Å². The highest BCUT2D eigenvalue weighted by molar-refractivity contribution is 5.29. The normalized spacial score (nSPS) is 22.2. The molecule has 0 radical (unpaired) electrons. The van der Waals surface area contributed by atoms with Gasteiger partial charge < -0.3 is 19.9 Å². The maximum absolute atomic E-state index is 6.28. The predicted octanol–water partition coefficient (Wildman–Crippen LogP) is 0.888. The van der Waals surface area contributed by atoms with E-state index in [1.807, 2.05) is 4.68 Å². The summed E-state index contributed by atoms with van der Waals surface area (Å²) in [6.45, 7) is 5.83. The smallest absolute Gasteiger partial charge is 0.161 e. The molecule has 18 heavy (non-hydrogen) atoms. The molecule has 1 aromatic heterocycles. The van der Waals surface area contributed by atoms with Gasteiger partial charge in [0.2, 0.25) is 0 Å². The summed E-state index contributed by atoms with van der Waals surface area (Å²) >= 11 is 0. The second-order valence-corrected chi connectivity index (χ2v) is 4.65. The van der Waals surface area contributed by atoms with Gasteiger partial charge >= 0.3 is 0 Å². The molecule has 0 aliphatic carbocycles. The van der Waals surface area contributed by atoms with Gasteiger partial charge in [-0.1, -0.05) is 0 Å². The van der Waals surface area contributed by atoms with Gasteiger partial charge in [0.25, 0.3) is 0 Å². The first-order valence-electron chi connectivity index (χ1n) is 6.21. The zero-order chi connectivity index (χ0) is 13.1. The average molecular weight is 255 g/mol. The standard InChI is InChI=1S/C12H21N3O3/c1-8(2)15-12(9(16-3)6-14-15)11(13)10-7-17-4-5-18-10/h6,8,10-11H,4-5,7,13H2,1-3H3. The fourth-order valence-corrected chi connectivity index (χ4v) is 2.13. The molecule has 6 nitrogen and oxygen atoms in total. The Balaban J connectivity index is 2.26. The van der Waals surface area contributed by atoms with Gasteiger partial charge in [-0.15, -0.1) is 0 Å². The van der Waals surface area contributed by atoms with Crippen LogP contribution in [0.4, 0.5) is 0 Å². The highest BCUT2D eigenvalue weighted by atomic mass is 16.6. The van der Waals surface area contributed by atoms with E-state index in [9.17, 15) is 0 Å². The van der Waals surface area contributed by atoms with Crippen molar-refractivity contribution in [2.75, 3.05) is 26.9 Å². The monoisotopic (exact) mass is 255 g/mol. The lowest BCUT2D eigenvalue weighted by Crippen LogP contribution is -2.39. The lowest BCUT2D eigenvalue weighted by molar-refractivity contribution is -0.0986. The first kappa shape index (κ1) is 13.3. The molecule has 0 aromatic carbocycles. The lowest BCUT2D eigenvalue weighted by Gasteiger charge is -2.29. The Morgan fingerprint density at radius 1 is 1.50 bits per heavy atom. The molecule has 102 valence electrons. The minimum atomic E-state index is -0.301. The molecule has 1 saturated heterocycles. The Labute approximate surface area is 107 Å². The molecular formula is C12H21N3O3. The number of hydrogen-bond donors (Lipinski definition) is 1. The second kappa shape index (κ2) is 5.69. The molecule has 0 saturated carbocycles. The van der Waals surface area contributed by atoms with E-state index in [-0.39, 0.29) is 18.2 Å². The van der Waals surface area contributed by atoms with Gasteiger partial charge in [0.1, 0.15) is 11.8 Å². The van der Waals surface area contributed by atoms with Gasteiger partial charge in [0.05, 0.1) is 39.2 Å². The summed E-state index contributed by atoms with van der Waals surface area (Å²) in [5.41, 5.74) is 7.15. The zero-order valence-corrected chi connectivity index (χ0v) is 11.1. The number of aromatic nitrogens is 2. The van der Waals surface area contributed by atoms with Crippen LogP contribution in [0.25, 0.3) is 0 Å². The molecule has 2 rings (SSSR count). The number of hydrogen-bond acceptors (Lipinski definition) is 5. The highest BCUT2D eigenvalue weighted by Gasteiger charge is 2.29. The van der Waals surface area contributed by atoms with Gasteiger partial charge in [-0.2, -0.15) is 5.10 Å². The number of methoxy groups -OCH3 is 1. The van der Waals surface area contributed by atoms with Crippen LogP contribution in [0.15, 0.2) is 6.20 Å². The Bertz CT molecular complexity index is 386. The molecule has 1 fully saturated rings. The van der Waals surface area contributed by atoms with E-state index in [2.05, 4.69) is 18.9 Å². The van der Waals surface area contributed by atoms with Crippen LogP contribution in [0.1, 0.15) is 31.6 Å². The maximum atomic E-state index is 6.28. The van der Waals surface area contributed by atoms with Crippen LogP contribution in [0.2, 0.25) is 0 Å². The summed E-state index contributed by atoms with van der Waals surface area (Å²) in [7, 11) is 1.62. The number of ether oxygens (including phenoxy) is 3. The van der Waals surface area contributed by atoms with Crippen molar-refractivity contribution in [1.82, 2.24) is 9.78 Å². The molecule has 6 heteroatoms. The third-order valence-electron chi connectivity index (χ3n) is 3.07. The van der Waals surface area contributed by atoms with Crippen LogP contribution in [-0.4, -0.2) is 42.8 Å². The molecule has 1 aliphatic rings. The van der Waals surface area contributed by atoms with Gasteiger partial charge in [-0.05, 0) is 13.8 Å². The summed E-state index contributed by atoms with van der Waals surface area (Å²) in [6.07, 6.45) is 1.54. The lowest BCUT2D eigenvalue weighted by atomic mass is 10.1. The van der Waals surface area contributed by atoms with Crippen molar-refractivity contribution in [3.05, 3.63) is 11.9 Å². The van der Waals surface area contributed by atoms with E-state index in [0.717, 1.165) is 5.69 Å². The number of nitrogens with zero attached hydrogens (tertiary/aromatic N) is 2. The highest BCUT2D eigenvalue weighted by Crippen LogP contribution is 2.29. The summed E-state index contributed by atoms with van der Waals surface area (Å²) in [5.74, 6) is 0.699. The number of rotatable bonds is 4. The van der Waals surface area contributed by atoms with E-state index in [0.29, 0.717) is 25.6 Å². The minimum absolute atomic E-state index is 0.151. The van der Waals surface area contributed by atoms with Crippen LogP contribution in [0.3, 0.4) is 0 Å².